The minimum atomic E-state index is -0.303. The standard InChI is InChI=1S/C17H22N4O2S2/c1-10-12(9-21(2)20-10)18-17(24)19-15-14(16(22)23-3)11-7-5-4-6-8-13(11)25-15/h9H,4-8H2,1-3H3,(H2,18,19,24). The molecule has 0 aliphatic heterocycles. The van der Waals surface area contributed by atoms with Crippen molar-refractivity contribution in [3.8, 4) is 0 Å². The number of nitrogens with zero attached hydrogens (tertiary/aromatic N) is 2. The van der Waals surface area contributed by atoms with Gasteiger partial charge in [0.2, 0.25) is 0 Å². The average Bonchev–Trinajstić information content (AvgIpc) is 2.95. The first-order chi connectivity index (χ1) is 12.0. The predicted octanol–water partition coefficient (Wildman–Crippen LogP) is 3.65. The lowest BCUT2D eigenvalue weighted by molar-refractivity contribution is 0.0601. The third-order valence-electron chi connectivity index (χ3n) is 4.30. The summed E-state index contributed by atoms with van der Waals surface area (Å²) in [6.07, 6.45) is 7.25. The Hall–Kier alpha value is -1.93. The number of aromatic nitrogens is 2. The van der Waals surface area contributed by atoms with E-state index < -0.39 is 0 Å². The van der Waals surface area contributed by atoms with Gasteiger partial charge in [-0.2, -0.15) is 5.10 Å². The van der Waals surface area contributed by atoms with Gasteiger partial charge in [0.15, 0.2) is 5.11 Å². The second kappa shape index (κ2) is 7.53. The van der Waals surface area contributed by atoms with E-state index in [4.69, 9.17) is 17.0 Å². The highest BCUT2D eigenvalue weighted by Crippen LogP contribution is 2.38. The van der Waals surface area contributed by atoms with Crippen molar-refractivity contribution < 1.29 is 9.53 Å². The topological polar surface area (TPSA) is 68.2 Å². The zero-order valence-electron chi connectivity index (χ0n) is 14.6. The van der Waals surface area contributed by atoms with Gasteiger partial charge in [-0.1, -0.05) is 6.42 Å². The molecule has 2 heterocycles. The molecule has 0 saturated carbocycles. The maximum Gasteiger partial charge on any atom is 0.341 e. The molecule has 2 N–H and O–H groups in total. The number of carbonyl (C=O) groups is 1. The Labute approximate surface area is 156 Å². The van der Waals surface area contributed by atoms with Crippen LogP contribution in [0, 0.1) is 6.92 Å². The number of anilines is 2. The van der Waals surface area contributed by atoms with Gasteiger partial charge in [-0.3, -0.25) is 4.68 Å². The van der Waals surface area contributed by atoms with Crippen LogP contribution in [0.15, 0.2) is 6.20 Å². The van der Waals surface area contributed by atoms with Gasteiger partial charge in [0, 0.05) is 18.1 Å². The summed E-state index contributed by atoms with van der Waals surface area (Å²) in [6, 6.07) is 0. The van der Waals surface area contributed by atoms with E-state index in [0.29, 0.717) is 10.7 Å². The number of esters is 1. The summed E-state index contributed by atoms with van der Waals surface area (Å²) >= 11 is 7.04. The smallest absolute Gasteiger partial charge is 0.341 e. The van der Waals surface area contributed by atoms with Crippen molar-refractivity contribution in [1.29, 1.82) is 0 Å². The number of nitrogens with one attached hydrogen (secondary N) is 2. The molecular formula is C17H22N4O2S2. The maximum absolute atomic E-state index is 12.3. The van der Waals surface area contributed by atoms with E-state index in [9.17, 15) is 4.79 Å². The van der Waals surface area contributed by atoms with Crippen LogP contribution in [0.5, 0.6) is 0 Å². The van der Waals surface area contributed by atoms with Gasteiger partial charge < -0.3 is 15.4 Å². The Morgan fingerprint density at radius 1 is 1.32 bits per heavy atom. The zero-order valence-corrected chi connectivity index (χ0v) is 16.3. The first-order valence-electron chi connectivity index (χ1n) is 8.30. The predicted molar refractivity (Wildman–Crippen MR) is 105 cm³/mol. The zero-order chi connectivity index (χ0) is 18.0. The highest BCUT2D eigenvalue weighted by Gasteiger charge is 2.25. The van der Waals surface area contributed by atoms with Gasteiger partial charge in [0.1, 0.15) is 5.00 Å². The molecule has 2 aromatic heterocycles. The van der Waals surface area contributed by atoms with Gasteiger partial charge in [0.25, 0.3) is 0 Å². The van der Waals surface area contributed by atoms with E-state index >= 15 is 0 Å². The second-order valence-electron chi connectivity index (χ2n) is 6.14. The van der Waals surface area contributed by atoms with Gasteiger partial charge >= 0.3 is 5.97 Å². The number of thiophene rings is 1. The summed E-state index contributed by atoms with van der Waals surface area (Å²) < 4.78 is 6.74. The molecule has 0 bridgehead atoms. The van der Waals surface area contributed by atoms with Crippen molar-refractivity contribution in [3.63, 3.8) is 0 Å². The number of thiocarbonyl (C=S) groups is 1. The monoisotopic (exact) mass is 378 g/mol. The average molecular weight is 379 g/mol. The molecule has 25 heavy (non-hydrogen) atoms. The van der Waals surface area contributed by atoms with E-state index in [1.165, 1.54) is 18.4 Å². The van der Waals surface area contributed by atoms with Crippen molar-refractivity contribution >= 4 is 45.3 Å². The lowest BCUT2D eigenvalue weighted by Crippen LogP contribution is -2.20. The van der Waals surface area contributed by atoms with Crippen LogP contribution in [-0.2, 0) is 24.6 Å². The SMILES string of the molecule is COC(=O)c1c(NC(=S)Nc2cn(C)nc2C)sc2c1CCCCC2. The first kappa shape index (κ1) is 17.9. The largest absolute Gasteiger partial charge is 0.465 e. The molecule has 0 atom stereocenters. The van der Waals surface area contributed by atoms with Crippen LogP contribution in [0.4, 0.5) is 10.7 Å². The van der Waals surface area contributed by atoms with Crippen LogP contribution in [0.25, 0.3) is 0 Å². The molecule has 0 fully saturated rings. The first-order valence-corrected chi connectivity index (χ1v) is 9.53. The summed E-state index contributed by atoms with van der Waals surface area (Å²) in [4.78, 5) is 13.6. The quantitative estimate of drug-likeness (QED) is 0.483. The molecule has 0 aromatic carbocycles. The fourth-order valence-electron chi connectivity index (χ4n) is 3.13. The van der Waals surface area contributed by atoms with Crippen LogP contribution in [-0.4, -0.2) is 28.0 Å². The highest BCUT2D eigenvalue weighted by atomic mass is 32.1. The molecule has 1 aliphatic rings. The Morgan fingerprint density at radius 2 is 2.08 bits per heavy atom. The number of methoxy groups -OCH3 is 1. The van der Waals surface area contributed by atoms with Crippen molar-refractivity contribution in [2.45, 2.75) is 39.0 Å². The normalized spacial score (nSPS) is 13.7. The molecule has 0 amide bonds. The molecule has 3 rings (SSSR count). The number of hydrogen-bond acceptors (Lipinski definition) is 5. The number of hydrogen-bond donors (Lipinski definition) is 2. The van der Waals surface area contributed by atoms with E-state index in [-0.39, 0.29) is 5.97 Å². The molecule has 2 aromatic rings. The Bertz CT molecular complexity index is 810. The van der Waals surface area contributed by atoms with E-state index in [1.807, 2.05) is 20.2 Å². The molecule has 0 unspecified atom stereocenters. The molecule has 0 spiro atoms. The third-order valence-corrected chi connectivity index (χ3v) is 5.71. The van der Waals surface area contributed by atoms with Crippen LogP contribution in [0.3, 0.4) is 0 Å². The third kappa shape index (κ3) is 3.85. The summed E-state index contributed by atoms with van der Waals surface area (Å²) in [6.45, 7) is 1.91. The van der Waals surface area contributed by atoms with Crippen LogP contribution >= 0.6 is 23.6 Å². The van der Waals surface area contributed by atoms with Crippen molar-refractivity contribution in [2.75, 3.05) is 17.7 Å². The molecular weight excluding hydrogens is 356 g/mol. The molecule has 134 valence electrons. The molecule has 8 heteroatoms. The van der Waals surface area contributed by atoms with Crippen LogP contribution in [0.2, 0.25) is 0 Å². The van der Waals surface area contributed by atoms with E-state index in [2.05, 4.69) is 15.7 Å². The van der Waals surface area contributed by atoms with Crippen molar-refractivity contribution in [2.24, 2.45) is 7.05 Å². The number of rotatable bonds is 3. The van der Waals surface area contributed by atoms with Crippen LogP contribution < -0.4 is 10.6 Å². The lowest BCUT2D eigenvalue weighted by atomic mass is 10.1. The van der Waals surface area contributed by atoms with Crippen molar-refractivity contribution in [3.05, 3.63) is 27.9 Å². The highest BCUT2D eigenvalue weighted by molar-refractivity contribution is 7.80. The summed E-state index contributed by atoms with van der Waals surface area (Å²) in [5, 5.41) is 11.8. The number of ether oxygens (including phenoxy) is 1. The fraction of sp³-hybridized carbons (Fsp3) is 0.471. The van der Waals surface area contributed by atoms with E-state index in [0.717, 1.165) is 47.6 Å². The Morgan fingerprint density at radius 3 is 2.76 bits per heavy atom. The van der Waals surface area contributed by atoms with Gasteiger partial charge in [-0.25, -0.2) is 4.79 Å². The van der Waals surface area contributed by atoms with Crippen molar-refractivity contribution in [1.82, 2.24) is 9.78 Å². The Balaban J connectivity index is 1.85. The molecule has 0 radical (unpaired) electrons. The van der Waals surface area contributed by atoms with E-state index in [1.54, 1.807) is 16.0 Å². The number of carbonyl (C=O) groups excluding carboxylic acids is 1. The minimum Gasteiger partial charge on any atom is -0.465 e. The molecule has 1 aliphatic carbocycles. The maximum atomic E-state index is 12.3. The fourth-order valence-corrected chi connectivity index (χ4v) is 4.69. The van der Waals surface area contributed by atoms with Gasteiger partial charge in [-0.05, 0) is 50.4 Å². The summed E-state index contributed by atoms with van der Waals surface area (Å²) in [7, 11) is 3.28. The molecule has 6 nitrogen and oxygen atoms in total. The number of fused-ring (bicyclic) bond motifs is 1. The van der Waals surface area contributed by atoms with Crippen LogP contribution in [0.1, 0.15) is 45.8 Å². The number of aryl methyl sites for hydroxylation is 3. The second-order valence-corrected chi connectivity index (χ2v) is 7.65. The molecule has 0 saturated heterocycles. The Kier molecular flexibility index (Phi) is 5.39. The summed E-state index contributed by atoms with van der Waals surface area (Å²) in [5.74, 6) is -0.303. The van der Waals surface area contributed by atoms with Gasteiger partial charge in [0.05, 0.1) is 24.1 Å². The lowest BCUT2D eigenvalue weighted by Gasteiger charge is -2.10. The summed E-state index contributed by atoms with van der Waals surface area (Å²) in [5.41, 5.74) is 3.47. The van der Waals surface area contributed by atoms with Gasteiger partial charge in [-0.15, -0.1) is 11.3 Å². The minimum absolute atomic E-state index is 0.303.